The van der Waals surface area contributed by atoms with Crippen molar-refractivity contribution >= 4 is 11.8 Å². The van der Waals surface area contributed by atoms with Crippen LogP contribution in [0.3, 0.4) is 0 Å². The zero-order valence-electron chi connectivity index (χ0n) is 11.6. The van der Waals surface area contributed by atoms with Gasteiger partial charge in [0, 0.05) is 32.1 Å². The molecule has 108 valence electrons. The van der Waals surface area contributed by atoms with E-state index in [1.165, 1.54) is 12.8 Å². The van der Waals surface area contributed by atoms with Crippen LogP contribution in [0, 0.1) is 11.8 Å². The van der Waals surface area contributed by atoms with Crippen molar-refractivity contribution in [2.75, 3.05) is 26.2 Å². The molecule has 0 spiro atoms. The lowest BCUT2D eigenvalue weighted by molar-refractivity contribution is -0.139. The SMILES string of the molecule is NCCNC(=O)C1CCCN(C(=O)C2CCCC2)C1. The van der Waals surface area contributed by atoms with Crippen LogP contribution in [0.15, 0.2) is 0 Å². The fourth-order valence-corrected chi connectivity index (χ4v) is 3.16. The molecule has 2 aliphatic rings. The lowest BCUT2D eigenvalue weighted by Gasteiger charge is -2.33. The molecule has 1 saturated carbocycles. The molecule has 5 nitrogen and oxygen atoms in total. The second-order valence-electron chi connectivity index (χ2n) is 5.68. The molecule has 0 aromatic carbocycles. The number of hydrogen-bond donors (Lipinski definition) is 2. The van der Waals surface area contributed by atoms with Crippen molar-refractivity contribution < 1.29 is 9.59 Å². The lowest BCUT2D eigenvalue weighted by atomic mass is 9.95. The highest BCUT2D eigenvalue weighted by Gasteiger charge is 2.32. The second kappa shape index (κ2) is 6.89. The Balaban J connectivity index is 1.85. The first-order valence-corrected chi connectivity index (χ1v) is 7.49. The molecular weight excluding hydrogens is 242 g/mol. The topological polar surface area (TPSA) is 75.4 Å². The lowest BCUT2D eigenvalue weighted by Crippen LogP contribution is -2.47. The van der Waals surface area contributed by atoms with Gasteiger partial charge >= 0.3 is 0 Å². The van der Waals surface area contributed by atoms with Crippen molar-refractivity contribution in [2.24, 2.45) is 17.6 Å². The van der Waals surface area contributed by atoms with E-state index in [2.05, 4.69) is 5.32 Å². The number of rotatable bonds is 4. The molecule has 0 aromatic heterocycles. The largest absolute Gasteiger partial charge is 0.355 e. The van der Waals surface area contributed by atoms with Crippen LogP contribution in [0.1, 0.15) is 38.5 Å². The molecule has 1 unspecified atom stereocenters. The molecule has 2 amide bonds. The van der Waals surface area contributed by atoms with Crippen molar-refractivity contribution in [1.29, 1.82) is 0 Å². The van der Waals surface area contributed by atoms with E-state index in [4.69, 9.17) is 5.73 Å². The average Bonchev–Trinajstić information content (AvgIpc) is 2.98. The second-order valence-corrected chi connectivity index (χ2v) is 5.68. The van der Waals surface area contributed by atoms with Gasteiger partial charge in [0.15, 0.2) is 0 Å². The summed E-state index contributed by atoms with van der Waals surface area (Å²) in [7, 11) is 0. The summed E-state index contributed by atoms with van der Waals surface area (Å²) in [5.74, 6) is 0.486. The predicted molar refractivity (Wildman–Crippen MR) is 73.3 cm³/mol. The first-order chi connectivity index (χ1) is 9.22. The first-order valence-electron chi connectivity index (χ1n) is 7.49. The summed E-state index contributed by atoms with van der Waals surface area (Å²) in [4.78, 5) is 26.2. The van der Waals surface area contributed by atoms with Crippen molar-refractivity contribution in [1.82, 2.24) is 10.2 Å². The molecule has 0 aromatic rings. The van der Waals surface area contributed by atoms with Crippen LogP contribution in [0.2, 0.25) is 0 Å². The Kier molecular flexibility index (Phi) is 5.19. The van der Waals surface area contributed by atoms with Gasteiger partial charge in [-0.25, -0.2) is 0 Å². The molecule has 0 radical (unpaired) electrons. The van der Waals surface area contributed by atoms with Gasteiger partial charge in [0.05, 0.1) is 5.92 Å². The van der Waals surface area contributed by atoms with Gasteiger partial charge in [-0.2, -0.15) is 0 Å². The minimum Gasteiger partial charge on any atom is -0.355 e. The summed E-state index contributed by atoms with van der Waals surface area (Å²) in [5.41, 5.74) is 5.39. The summed E-state index contributed by atoms with van der Waals surface area (Å²) in [6, 6.07) is 0. The van der Waals surface area contributed by atoms with Crippen molar-refractivity contribution in [3.8, 4) is 0 Å². The summed E-state index contributed by atoms with van der Waals surface area (Å²) in [6.45, 7) is 2.39. The molecule has 1 atom stereocenters. The van der Waals surface area contributed by atoms with Crippen molar-refractivity contribution in [3.05, 3.63) is 0 Å². The zero-order valence-corrected chi connectivity index (χ0v) is 11.6. The Labute approximate surface area is 114 Å². The Hall–Kier alpha value is -1.10. The summed E-state index contributed by atoms with van der Waals surface area (Å²) < 4.78 is 0. The highest BCUT2D eigenvalue weighted by Crippen LogP contribution is 2.28. The molecule has 0 bridgehead atoms. The summed E-state index contributed by atoms with van der Waals surface area (Å²) >= 11 is 0. The van der Waals surface area contributed by atoms with Gasteiger partial charge < -0.3 is 16.0 Å². The average molecular weight is 267 g/mol. The smallest absolute Gasteiger partial charge is 0.225 e. The Morgan fingerprint density at radius 3 is 2.47 bits per heavy atom. The molecule has 2 rings (SSSR count). The fourth-order valence-electron chi connectivity index (χ4n) is 3.16. The van der Waals surface area contributed by atoms with E-state index in [9.17, 15) is 9.59 Å². The highest BCUT2D eigenvalue weighted by molar-refractivity contribution is 5.82. The van der Waals surface area contributed by atoms with Gasteiger partial charge in [-0.15, -0.1) is 0 Å². The van der Waals surface area contributed by atoms with Gasteiger partial charge in [0.2, 0.25) is 11.8 Å². The van der Waals surface area contributed by atoms with Crippen LogP contribution in [0.25, 0.3) is 0 Å². The third-order valence-electron chi connectivity index (χ3n) is 4.25. The Morgan fingerprint density at radius 2 is 1.79 bits per heavy atom. The number of piperidine rings is 1. The third-order valence-corrected chi connectivity index (χ3v) is 4.25. The van der Waals surface area contributed by atoms with Crippen LogP contribution < -0.4 is 11.1 Å². The number of likely N-dealkylation sites (tertiary alicyclic amines) is 1. The Morgan fingerprint density at radius 1 is 1.11 bits per heavy atom. The third kappa shape index (κ3) is 3.69. The van der Waals surface area contributed by atoms with Gasteiger partial charge in [-0.05, 0) is 25.7 Å². The van der Waals surface area contributed by atoms with Crippen LogP contribution in [0.4, 0.5) is 0 Å². The van der Waals surface area contributed by atoms with E-state index in [1.807, 2.05) is 4.90 Å². The van der Waals surface area contributed by atoms with E-state index in [-0.39, 0.29) is 23.7 Å². The molecule has 3 N–H and O–H groups in total. The quantitative estimate of drug-likeness (QED) is 0.778. The van der Waals surface area contributed by atoms with Crippen molar-refractivity contribution in [2.45, 2.75) is 38.5 Å². The molecule has 19 heavy (non-hydrogen) atoms. The van der Waals surface area contributed by atoms with Gasteiger partial charge in [0.1, 0.15) is 0 Å². The fraction of sp³-hybridized carbons (Fsp3) is 0.857. The molecule has 1 aliphatic carbocycles. The molecular formula is C14H25N3O2. The van der Waals surface area contributed by atoms with E-state index in [0.717, 1.165) is 32.2 Å². The molecule has 1 saturated heterocycles. The van der Waals surface area contributed by atoms with Crippen LogP contribution >= 0.6 is 0 Å². The minimum atomic E-state index is -0.0503. The molecule has 5 heteroatoms. The van der Waals surface area contributed by atoms with E-state index >= 15 is 0 Å². The standard InChI is InChI=1S/C14H25N3O2/c15-7-8-16-13(18)12-6-3-9-17(10-12)14(19)11-4-1-2-5-11/h11-12H,1-10,15H2,(H,16,18). The number of carbonyl (C=O) groups is 2. The maximum atomic E-state index is 12.4. The number of nitrogens with zero attached hydrogens (tertiary/aromatic N) is 1. The normalized spacial score (nSPS) is 24.5. The van der Waals surface area contributed by atoms with E-state index in [1.54, 1.807) is 0 Å². The Bertz CT molecular complexity index is 327. The van der Waals surface area contributed by atoms with E-state index in [0.29, 0.717) is 19.6 Å². The number of nitrogens with one attached hydrogen (secondary N) is 1. The van der Waals surface area contributed by atoms with Gasteiger partial charge in [-0.1, -0.05) is 12.8 Å². The predicted octanol–water partition coefficient (Wildman–Crippen LogP) is 0.490. The summed E-state index contributed by atoms with van der Waals surface area (Å²) in [6.07, 6.45) is 6.21. The number of carbonyl (C=O) groups excluding carboxylic acids is 2. The minimum absolute atomic E-state index is 0.0503. The molecule has 1 aliphatic heterocycles. The summed E-state index contributed by atoms with van der Waals surface area (Å²) in [5, 5.41) is 2.83. The maximum absolute atomic E-state index is 12.4. The van der Waals surface area contributed by atoms with Crippen LogP contribution in [0.5, 0.6) is 0 Å². The first kappa shape index (κ1) is 14.3. The van der Waals surface area contributed by atoms with Gasteiger partial charge in [-0.3, -0.25) is 9.59 Å². The monoisotopic (exact) mass is 267 g/mol. The van der Waals surface area contributed by atoms with Crippen molar-refractivity contribution in [3.63, 3.8) is 0 Å². The number of amides is 2. The maximum Gasteiger partial charge on any atom is 0.225 e. The number of nitrogens with two attached hydrogens (primary N) is 1. The molecule has 1 heterocycles. The van der Waals surface area contributed by atoms with E-state index < -0.39 is 0 Å². The van der Waals surface area contributed by atoms with Crippen LogP contribution in [-0.4, -0.2) is 42.9 Å². The zero-order chi connectivity index (χ0) is 13.7. The number of hydrogen-bond acceptors (Lipinski definition) is 3. The molecule has 2 fully saturated rings. The van der Waals surface area contributed by atoms with Gasteiger partial charge in [0.25, 0.3) is 0 Å². The van der Waals surface area contributed by atoms with Crippen LogP contribution in [-0.2, 0) is 9.59 Å². The highest BCUT2D eigenvalue weighted by atomic mass is 16.2.